The van der Waals surface area contributed by atoms with E-state index in [1.807, 2.05) is 36.5 Å². The first-order chi connectivity index (χ1) is 28.9. The number of anilines is 1. The van der Waals surface area contributed by atoms with Crippen molar-refractivity contribution in [3.05, 3.63) is 113 Å². The molecular formula is C45H46F3N7O5. The van der Waals surface area contributed by atoms with Crippen molar-refractivity contribution in [2.45, 2.75) is 44.6 Å². The summed E-state index contributed by atoms with van der Waals surface area (Å²) in [5.74, 6) is -4.06. The summed E-state index contributed by atoms with van der Waals surface area (Å²) in [5, 5.41) is 6.57. The Morgan fingerprint density at radius 3 is 2.43 bits per heavy atom. The number of hydrogen-bond acceptors (Lipinski definition) is 8. The molecule has 15 heteroatoms. The smallest absolute Gasteiger partial charge is 0.289 e. The SMILES string of the molecule is CN(C)C(=O)c1cc2c(F)c(C3=CCCN(C(=O)CCn4cccn4)C3)cc(-c3ccc(N4CCN(CCc5cc(F)c(C6CCC(=O)NC6=O)cc5F)CC4)cc3)c2o1. The molecule has 0 bridgehead atoms. The lowest BCUT2D eigenvalue weighted by molar-refractivity contribution is -0.134. The van der Waals surface area contributed by atoms with E-state index in [1.165, 1.54) is 17.0 Å². The van der Waals surface area contributed by atoms with Gasteiger partial charge in [0.25, 0.3) is 5.91 Å². The lowest BCUT2D eigenvalue weighted by atomic mass is 9.89. The van der Waals surface area contributed by atoms with Gasteiger partial charge >= 0.3 is 0 Å². The van der Waals surface area contributed by atoms with Crippen LogP contribution in [0.1, 0.15) is 58.8 Å². The number of piperazine rings is 1. The standard InChI is InChI=1S/C45H46F3N7O5/c1-51(2)45(59)39-26-36-42(48)33(30-5-3-15-54(27-30)41(57)13-18-55-16-4-14-49-55)24-34(43(36)60-39)28-6-8-31(9-7-28)53-21-19-52(20-22-53)17-12-29-23-38(47)35(25-37(29)46)32-10-11-40(56)50-44(32)58/h4-9,14,16,23-26,32H,3,10-13,15,17-22,27H2,1-2H3,(H,50,56,58). The third-order valence-corrected chi connectivity index (χ3v) is 11.7. The van der Waals surface area contributed by atoms with Crippen LogP contribution in [0.5, 0.6) is 0 Å². The number of nitrogens with zero attached hydrogens (tertiary/aromatic N) is 6. The zero-order chi connectivity index (χ0) is 42.1. The number of imide groups is 1. The molecule has 3 aliphatic rings. The Morgan fingerprint density at radius 2 is 1.72 bits per heavy atom. The van der Waals surface area contributed by atoms with Gasteiger partial charge in [0.05, 0.1) is 11.3 Å². The Hall–Kier alpha value is -6.22. The maximum Gasteiger partial charge on any atom is 0.289 e. The van der Waals surface area contributed by atoms with Gasteiger partial charge in [0, 0.05) is 120 Å². The molecule has 12 nitrogen and oxygen atoms in total. The number of carbonyl (C=O) groups is 4. The van der Waals surface area contributed by atoms with Crippen LogP contribution in [-0.4, -0.2) is 108 Å². The number of fused-ring (bicyclic) bond motifs is 1. The number of halogens is 3. The molecule has 312 valence electrons. The van der Waals surface area contributed by atoms with Gasteiger partial charge in [-0.2, -0.15) is 5.10 Å². The molecule has 1 N–H and O–H groups in total. The molecule has 60 heavy (non-hydrogen) atoms. The average Bonchev–Trinajstić information content (AvgIpc) is 3.95. The van der Waals surface area contributed by atoms with Crippen LogP contribution in [0.15, 0.2) is 77.5 Å². The predicted molar refractivity (Wildman–Crippen MR) is 219 cm³/mol. The van der Waals surface area contributed by atoms with Crippen molar-refractivity contribution < 1.29 is 36.8 Å². The normalized spacial score (nSPS) is 17.6. The van der Waals surface area contributed by atoms with Gasteiger partial charge in [0.15, 0.2) is 5.76 Å². The second-order valence-electron chi connectivity index (χ2n) is 15.8. The zero-order valence-electron chi connectivity index (χ0n) is 33.6. The molecule has 1 atom stereocenters. The van der Waals surface area contributed by atoms with Gasteiger partial charge in [0.1, 0.15) is 23.0 Å². The molecule has 8 rings (SSSR count). The van der Waals surface area contributed by atoms with Crippen molar-refractivity contribution in [2.75, 3.05) is 64.8 Å². The van der Waals surface area contributed by atoms with Crippen LogP contribution < -0.4 is 10.2 Å². The molecule has 2 aromatic heterocycles. The third-order valence-electron chi connectivity index (χ3n) is 11.7. The molecule has 0 radical (unpaired) electrons. The molecule has 5 heterocycles. The molecule has 3 aromatic carbocycles. The van der Waals surface area contributed by atoms with E-state index in [-0.39, 0.29) is 59.6 Å². The predicted octanol–water partition coefficient (Wildman–Crippen LogP) is 6.01. The molecule has 5 aromatic rings. The van der Waals surface area contributed by atoms with Gasteiger partial charge in [-0.15, -0.1) is 0 Å². The Kier molecular flexibility index (Phi) is 11.6. The highest BCUT2D eigenvalue weighted by molar-refractivity contribution is 6.02. The summed E-state index contributed by atoms with van der Waals surface area (Å²) in [7, 11) is 3.21. The fraction of sp³-hybridized carbons (Fsp3) is 0.356. The molecule has 2 saturated heterocycles. The number of piperidine rings is 1. The number of hydrogen-bond donors (Lipinski definition) is 1. The van der Waals surface area contributed by atoms with Crippen LogP contribution in [0, 0.1) is 17.5 Å². The lowest BCUT2D eigenvalue weighted by Crippen LogP contribution is -2.47. The summed E-state index contributed by atoms with van der Waals surface area (Å²) in [5.41, 5.74) is 3.86. The fourth-order valence-corrected chi connectivity index (χ4v) is 8.31. The second-order valence-corrected chi connectivity index (χ2v) is 15.8. The maximum atomic E-state index is 16.5. The number of carbonyl (C=O) groups excluding carboxylic acids is 4. The van der Waals surface area contributed by atoms with E-state index in [4.69, 9.17) is 4.42 Å². The minimum absolute atomic E-state index is 0.0203. The Balaban J connectivity index is 0.955. The van der Waals surface area contributed by atoms with Gasteiger partial charge in [-0.25, -0.2) is 13.2 Å². The minimum Gasteiger partial charge on any atom is -0.450 e. The van der Waals surface area contributed by atoms with E-state index in [2.05, 4.69) is 20.2 Å². The largest absolute Gasteiger partial charge is 0.450 e. The molecule has 2 fully saturated rings. The zero-order valence-corrected chi connectivity index (χ0v) is 33.6. The van der Waals surface area contributed by atoms with Gasteiger partial charge in [-0.3, -0.25) is 34.1 Å². The maximum absolute atomic E-state index is 16.5. The topological polar surface area (TPSA) is 124 Å². The van der Waals surface area contributed by atoms with Gasteiger partial charge in [0.2, 0.25) is 17.7 Å². The number of benzene rings is 3. The van der Waals surface area contributed by atoms with Crippen molar-refractivity contribution in [1.29, 1.82) is 0 Å². The van der Waals surface area contributed by atoms with Crippen molar-refractivity contribution in [3.63, 3.8) is 0 Å². The molecular weight excluding hydrogens is 776 g/mol. The van der Waals surface area contributed by atoms with Crippen LogP contribution in [0.25, 0.3) is 27.7 Å². The monoisotopic (exact) mass is 821 g/mol. The van der Waals surface area contributed by atoms with Crippen LogP contribution in [0.2, 0.25) is 0 Å². The number of furan rings is 1. The number of amides is 4. The van der Waals surface area contributed by atoms with E-state index >= 15 is 13.2 Å². The highest BCUT2D eigenvalue weighted by Crippen LogP contribution is 2.39. The molecule has 0 saturated carbocycles. The summed E-state index contributed by atoms with van der Waals surface area (Å²) in [6, 6.07) is 15.2. The number of aromatic nitrogens is 2. The van der Waals surface area contributed by atoms with Crippen LogP contribution in [0.3, 0.4) is 0 Å². The second kappa shape index (κ2) is 17.2. The molecule has 4 amide bonds. The quantitative estimate of drug-likeness (QED) is 0.161. The summed E-state index contributed by atoms with van der Waals surface area (Å²) in [6.45, 7) is 4.56. The first-order valence-electron chi connectivity index (χ1n) is 20.2. The van der Waals surface area contributed by atoms with Crippen molar-refractivity contribution >= 4 is 45.9 Å². The third kappa shape index (κ3) is 8.44. The highest BCUT2D eigenvalue weighted by Gasteiger charge is 2.31. The van der Waals surface area contributed by atoms with E-state index in [1.54, 1.807) is 42.0 Å². The van der Waals surface area contributed by atoms with Crippen molar-refractivity contribution in [1.82, 2.24) is 29.8 Å². The van der Waals surface area contributed by atoms with Crippen molar-refractivity contribution in [2.24, 2.45) is 0 Å². The Labute approximate surface area is 345 Å². The van der Waals surface area contributed by atoms with Crippen LogP contribution >= 0.6 is 0 Å². The molecule has 1 unspecified atom stereocenters. The number of nitrogens with one attached hydrogen (secondary N) is 1. The fourth-order valence-electron chi connectivity index (χ4n) is 8.31. The summed E-state index contributed by atoms with van der Waals surface area (Å²) in [6.07, 6.45) is 6.81. The first kappa shape index (κ1) is 40.6. The van der Waals surface area contributed by atoms with Crippen LogP contribution in [-0.2, 0) is 27.3 Å². The molecule has 0 aliphatic carbocycles. The summed E-state index contributed by atoms with van der Waals surface area (Å²) in [4.78, 5) is 57.5. The molecule has 0 spiro atoms. The van der Waals surface area contributed by atoms with E-state index in [0.29, 0.717) is 75.4 Å². The first-order valence-corrected chi connectivity index (χ1v) is 20.2. The lowest BCUT2D eigenvalue weighted by Gasteiger charge is -2.36. The van der Waals surface area contributed by atoms with Gasteiger partial charge in [-0.05, 0) is 72.4 Å². The highest BCUT2D eigenvalue weighted by atomic mass is 19.1. The molecule has 3 aliphatic heterocycles. The number of aryl methyl sites for hydroxylation is 1. The number of rotatable bonds is 11. The van der Waals surface area contributed by atoms with E-state index in [9.17, 15) is 19.2 Å². The summed E-state index contributed by atoms with van der Waals surface area (Å²) < 4.78 is 54.5. The Morgan fingerprint density at radius 1 is 0.933 bits per heavy atom. The Bertz CT molecular complexity index is 2470. The van der Waals surface area contributed by atoms with E-state index < -0.39 is 41.1 Å². The van der Waals surface area contributed by atoms with Crippen molar-refractivity contribution in [3.8, 4) is 11.1 Å². The average molecular weight is 822 g/mol. The van der Waals surface area contributed by atoms with Gasteiger partial charge in [-0.1, -0.05) is 18.2 Å². The minimum atomic E-state index is -0.896. The van der Waals surface area contributed by atoms with E-state index in [0.717, 1.165) is 17.3 Å². The summed E-state index contributed by atoms with van der Waals surface area (Å²) >= 11 is 0. The van der Waals surface area contributed by atoms with Crippen LogP contribution in [0.4, 0.5) is 18.9 Å². The van der Waals surface area contributed by atoms with Gasteiger partial charge < -0.3 is 19.1 Å².